The molecule has 6 heteroatoms. The minimum atomic E-state index is -0.328. The van der Waals surface area contributed by atoms with Crippen molar-refractivity contribution in [2.24, 2.45) is 5.10 Å². The Morgan fingerprint density at radius 2 is 1.67 bits per heavy atom. The van der Waals surface area contributed by atoms with Crippen LogP contribution in [0.1, 0.15) is 28.1 Å². The van der Waals surface area contributed by atoms with Crippen LogP contribution in [0.4, 0.5) is 0 Å². The first kappa shape index (κ1) is 21.2. The normalized spacial score (nSPS) is 11.0. The Labute approximate surface area is 177 Å². The minimum Gasteiger partial charge on any atom is -0.497 e. The van der Waals surface area contributed by atoms with E-state index < -0.39 is 0 Å². The van der Waals surface area contributed by atoms with E-state index in [0.717, 1.165) is 22.7 Å². The van der Waals surface area contributed by atoms with Gasteiger partial charge in [0, 0.05) is 17.0 Å². The topological polar surface area (TPSA) is 64.8 Å². The lowest BCUT2D eigenvalue weighted by Crippen LogP contribution is -2.24. The average Bonchev–Trinajstić information content (AvgIpc) is 3.00. The maximum atomic E-state index is 12.0. The van der Waals surface area contributed by atoms with E-state index in [0.29, 0.717) is 5.75 Å². The number of methoxy groups -OCH3 is 1. The highest BCUT2D eigenvalue weighted by molar-refractivity contribution is 5.84. The van der Waals surface area contributed by atoms with Crippen molar-refractivity contribution in [3.63, 3.8) is 0 Å². The number of ether oxygens (including phenoxy) is 2. The molecule has 1 N–H and O–H groups in total. The Bertz CT molecular complexity index is 1050. The molecular formula is C24H27N3O3. The van der Waals surface area contributed by atoms with Crippen molar-refractivity contribution in [1.29, 1.82) is 0 Å². The first-order valence-corrected chi connectivity index (χ1v) is 9.75. The SMILES string of the molecule is COc1ccc(OCC(=O)N/N=C\c2cc(C)n(-c3c(C)cccc3C)c2C)cc1. The largest absolute Gasteiger partial charge is 0.497 e. The Morgan fingerprint density at radius 1 is 1.03 bits per heavy atom. The summed E-state index contributed by atoms with van der Waals surface area (Å²) in [5.41, 5.74) is 9.25. The molecule has 0 aliphatic heterocycles. The highest BCUT2D eigenvalue weighted by atomic mass is 16.5. The fraction of sp³-hybridized carbons (Fsp3) is 0.250. The quantitative estimate of drug-likeness (QED) is 0.472. The molecule has 1 heterocycles. The number of nitrogens with one attached hydrogen (secondary N) is 1. The average molecular weight is 405 g/mol. The summed E-state index contributed by atoms with van der Waals surface area (Å²) in [6.07, 6.45) is 1.66. The second-order valence-electron chi connectivity index (χ2n) is 7.16. The van der Waals surface area contributed by atoms with Gasteiger partial charge in [-0.05, 0) is 69.2 Å². The number of aromatic nitrogens is 1. The van der Waals surface area contributed by atoms with Gasteiger partial charge in [0.05, 0.1) is 19.0 Å². The van der Waals surface area contributed by atoms with Crippen LogP contribution in [0.2, 0.25) is 0 Å². The van der Waals surface area contributed by atoms with Crippen LogP contribution >= 0.6 is 0 Å². The first-order chi connectivity index (χ1) is 14.4. The molecule has 3 rings (SSSR count). The molecule has 0 bridgehead atoms. The molecule has 0 aliphatic carbocycles. The molecule has 1 amide bonds. The van der Waals surface area contributed by atoms with E-state index in [1.807, 2.05) is 0 Å². The molecule has 30 heavy (non-hydrogen) atoms. The van der Waals surface area contributed by atoms with Gasteiger partial charge < -0.3 is 14.0 Å². The fourth-order valence-electron chi connectivity index (χ4n) is 3.45. The first-order valence-electron chi connectivity index (χ1n) is 9.75. The third-order valence-corrected chi connectivity index (χ3v) is 4.96. The summed E-state index contributed by atoms with van der Waals surface area (Å²) in [6.45, 7) is 8.22. The number of benzene rings is 2. The van der Waals surface area contributed by atoms with Crippen LogP contribution in [0.3, 0.4) is 0 Å². The van der Waals surface area contributed by atoms with Crippen molar-refractivity contribution in [3.8, 4) is 17.2 Å². The van der Waals surface area contributed by atoms with Gasteiger partial charge in [0.1, 0.15) is 11.5 Å². The minimum absolute atomic E-state index is 0.120. The van der Waals surface area contributed by atoms with Crippen LogP contribution in [0.15, 0.2) is 53.6 Å². The van der Waals surface area contributed by atoms with Crippen LogP contribution in [0.5, 0.6) is 11.5 Å². The van der Waals surface area contributed by atoms with E-state index in [1.165, 1.54) is 16.8 Å². The molecule has 0 saturated carbocycles. The summed E-state index contributed by atoms with van der Waals surface area (Å²) in [5, 5.41) is 4.10. The number of amides is 1. The Morgan fingerprint density at radius 3 is 2.30 bits per heavy atom. The number of para-hydroxylation sites is 1. The Hall–Kier alpha value is -3.54. The van der Waals surface area contributed by atoms with Gasteiger partial charge in [0.25, 0.3) is 5.91 Å². The van der Waals surface area contributed by atoms with Crippen molar-refractivity contribution in [2.45, 2.75) is 27.7 Å². The molecule has 0 unspecified atom stereocenters. The lowest BCUT2D eigenvalue weighted by molar-refractivity contribution is -0.123. The summed E-state index contributed by atoms with van der Waals surface area (Å²) in [4.78, 5) is 12.0. The molecule has 0 spiro atoms. The number of carbonyl (C=O) groups excluding carboxylic acids is 1. The van der Waals surface area contributed by atoms with Gasteiger partial charge in [-0.1, -0.05) is 18.2 Å². The maximum absolute atomic E-state index is 12.0. The lowest BCUT2D eigenvalue weighted by Gasteiger charge is -2.15. The van der Waals surface area contributed by atoms with Crippen LogP contribution < -0.4 is 14.9 Å². The summed E-state index contributed by atoms with van der Waals surface area (Å²) in [7, 11) is 1.60. The highest BCUT2D eigenvalue weighted by Crippen LogP contribution is 2.25. The van der Waals surface area contributed by atoms with E-state index in [2.05, 4.69) is 67.1 Å². The number of hydrogen-bond donors (Lipinski definition) is 1. The van der Waals surface area contributed by atoms with Crippen LogP contribution in [-0.2, 0) is 4.79 Å². The standard InChI is InChI=1S/C24H27N3O3/c1-16-7-6-8-17(2)24(16)27-18(3)13-20(19(27)4)14-25-26-23(28)15-30-22-11-9-21(29-5)10-12-22/h6-14H,15H2,1-5H3,(H,26,28)/b25-14-. The van der Waals surface area contributed by atoms with E-state index in [4.69, 9.17) is 9.47 Å². The zero-order chi connectivity index (χ0) is 21.7. The van der Waals surface area contributed by atoms with E-state index in [9.17, 15) is 4.79 Å². The summed E-state index contributed by atoms with van der Waals surface area (Å²) in [5.74, 6) is 0.993. The number of carbonyl (C=O) groups is 1. The molecule has 0 saturated heterocycles. The van der Waals surface area contributed by atoms with Crippen LogP contribution in [0, 0.1) is 27.7 Å². The van der Waals surface area contributed by atoms with Gasteiger partial charge in [0.15, 0.2) is 6.61 Å². The van der Waals surface area contributed by atoms with Gasteiger partial charge in [-0.2, -0.15) is 5.10 Å². The number of nitrogens with zero attached hydrogens (tertiary/aromatic N) is 2. The van der Waals surface area contributed by atoms with Gasteiger partial charge in [-0.25, -0.2) is 5.43 Å². The van der Waals surface area contributed by atoms with Crippen molar-refractivity contribution in [3.05, 3.63) is 76.6 Å². The number of rotatable bonds is 7. The second-order valence-corrected chi connectivity index (χ2v) is 7.16. The van der Waals surface area contributed by atoms with Crippen molar-refractivity contribution in [2.75, 3.05) is 13.7 Å². The molecule has 0 fully saturated rings. The molecule has 156 valence electrons. The Kier molecular flexibility index (Phi) is 6.57. The fourth-order valence-corrected chi connectivity index (χ4v) is 3.45. The molecule has 2 aromatic carbocycles. The van der Waals surface area contributed by atoms with Gasteiger partial charge in [-0.15, -0.1) is 0 Å². The summed E-state index contributed by atoms with van der Waals surface area (Å²) in [6, 6.07) is 15.4. The summed E-state index contributed by atoms with van der Waals surface area (Å²) >= 11 is 0. The molecule has 1 aromatic heterocycles. The van der Waals surface area contributed by atoms with Crippen molar-refractivity contribution < 1.29 is 14.3 Å². The van der Waals surface area contributed by atoms with Crippen LogP contribution in [-0.4, -0.2) is 30.4 Å². The molecule has 0 aliphatic rings. The molecule has 0 radical (unpaired) electrons. The molecule has 0 atom stereocenters. The lowest BCUT2D eigenvalue weighted by atomic mass is 10.1. The number of aryl methyl sites for hydroxylation is 3. The maximum Gasteiger partial charge on any atom is 0.277 e. The Balaban J connectivity index is 1.64. The zero-order valence-electron chi connectivity index (χ0n) is 18.0. The van der Waals surface area contributed by atoms with E-state index in [-0.39, 0.29) is 12.5 Å². The summed E-state index contributed by atoms with van der Waals surface area (Å²) < 4.78 is 12.8. The second kappa shape index (κ2) is 9.31. The van der Waals surface area contributed by atoms with Crippen molar-refractivity contribution in [1.82, 2.24) is 9.99 Å². The predicted molar refractivity (Wildman–Crippen MR) is 119 cm³/mol. The molecule has 3 aromatic rings. The van der Waals surface area contributed by atoms with E-state index in [1.54, 1.807) is 37.6 Å². The van der Waals surface area contributed by atoms with Gasteiger partial charge >= 0.3 is 0 Å². The van der Waals surface area contributed by atoms with Crippen molar-refractivity contribution >= 4 is 12.1 Å². The monoisotopic (exact) mass is 405 g/mol. The van der Waals surface area contributed by atoms with Crippen LogP contribution in [0.25, 0.3) is 5.69 Å². The third kappa shape index (κ3) is 4.71. The third-order valence-electron chi connectivity index (χ3n) is 4.96. The smallest absolute Gasteiger partial charge is 0.277 e. The molecule has 6 nitrogen and oxygen atoms in total. The van der Waals surface area contributed by atoms with E-state index >= 15 is 0 Å². The number of hydrogen-bond acceptors (Lipinski definition) is 4. The highest BCUT2D eigenvalue weighted by Gasteiger charge is 2.13. The van der Waals surface area contributed by atoms with Gasteiger partial charge in [-0.3, -0.25) is 4.79 Å². The zero-order valence-corrected chi connectivity index (χ0v) is 18.0. The molecular weight excluding hydrogens is 378 g/mol. The van der Waals surface area contributed by atoms with Gasteiger partial charge in [0.2, 0.25) is 0 Å². The predicted octanol–water partition coefficient (Wildman–Crippen LogP) is 4.25. The number of hydrazone groups is 1.